The van der Waals surface area contributed by atoms with E-state index in [-0.39, 0.29) is 29.8 Å². The number of aliphatic imine (C=N–C) groups is 1. The first-order chi connectivity index (χ1) is 11.1. The minimum absolute atomic E-state index is 0. The van der Waals surface area contributed by atoms with Gasteiger partial charge in [-0.3, -0.25) is 4.99 Å². The second-order valence-corrected chi connectivity index (χ2v) is 5.27. The van der Waals surface area contributed by atoms with E-state index < -0.39 is 0 Å². The van der Waals surface area contributed by atoms with Crippen LogP contribution < -0.4 is 10.6 Å². The van der Waals surface area contributed by atoms with Crippen molar-refractivity contribution < 1.29 is 8.91 Å². The highest BCUT2D eigenvalue weighted by molar-refractivity contribution is 14.0. The Morgan fingerprint density at radius 3 is 2.71 bits per heavy atom. The summed E-state index contributed by atoms with van der Waals surface area (Å²) in [6.07, 6.45) is 1.58. The topological polar surface area (TPSA) is 75.3 Å². The summed E-state index contributed by atoms with van der Waals surface area (Å²) in [5, 5.41) is 10.2. The highest BCUT2D eigenvalue weighted by Gasteiger charge is 2.04. The van der Waals surface area contributed by atoms with Crippen molar-refractivity contribution in [3.63, 3.8) is 0 Å². The lowest BCUT2D eigenvalue weighted by Crippen LogP contribution is -2.37. The second kappa shape index (κ2) is 10.2. The van der Waals surface area contributed by atoms with Crippen molar-refractivity contribution in [3.05, 3.63) is 46.9 Å². The predicted octanol–water partition coefficient (Wildman–Crippen LogP) is 2.74. The van der Waals surface area contributed by atoms with E-state index in [9.17, 15) is 4.39 Å². The molecule has 2 aromatic rings. The zero-order valence-electron chi connectivity index (χ0n) is 14.1. The molecule has 0 bridgehead atoms. The van der Waals surface area contributed by atoms with E-state index in [0.717, 1.165) is 24.9 Å². The molecule has 0 radical (unpaired) electrons. The van der Waals surface area contributed by atoms with Crippen LogP contribution in [-0.2, 0) is 13.0 Å². The van der Waals surface area contributed by atoms with Crippen LogP contribution in [0.1, 0.15) is 29.3 Å². The van der Waals surface area contributed by atoms with Crippen LogP contribution in [-0.4, -0.2) is 29.7 Å². The van der Waals surface area contributed by atoms with Gasteiger partial charge in [0, 0.05) is 26.6 Å². The number of guanidine groups is 1. The Balaban J connectivity index is 0.00000288. The number of benzene rings is 1. The number of nitrogens with one attached hydrogen (secondary N) is 2. The summed E-state index contributed by atoms with van der Waals surface area (Å²) in [5.41, 5.74) is 1.65. The first kappa shape index (κ1) is 20.3. The average molecular weight is 447 g/mol. The van der Waals surface area contributed by atoms with E-state index in [0.29, 0.717) is 29.8 Å². The lowest BCUT2D eigenvalue weighted by atomic mass is 10.1. The molecular weight excluding hydrogens is 424 g/mol. The quantitative estimate of drug-likeness (QED) is 0.308. The third-order valence-corrected chi connectivity index (χ3v) is 3.34. The third-order valence-electron chi connectivity index (χ3n) is 3.34. The van der Waals surface area contributed by atoms with Gasteiger partial charge in [0.15, 0.2) is 11.8 Å². The molecule has 8 heteroatoms. The van der Waals surface area contributed by atoms with Crippen LogP contribution >= 0.6 is 24.0 Å². The number of aromatic nitrogens is 2. The normalized spacial score (nSPS) is 11.1. The van der Waals surface area contributed by atoms with E-state index in [1.54, 1.807) is 27.0 Å². The molecule has 0 fully saturated rings. The SMILES string of the molecule is CN=C(NCCCc1nc(C)no1)NCc1ccc(F)c(C)c1.I. The standard InChI is InChI=1S/C16H22FN5O.HI/c1-11-9-13(6-7-14(11)17)10-20-16(18-3)19-8-4-5-15-21-12(2)22-23-15;/h6-7,9H,4-5,8,10H2,1-3H3,(H2,18,19,20);1H. The Labute approximate surface area is 158 Å². The number of halogens is 2. The third kappa shape index (κ3) is 6.42. The van der Waals surface area contributed by atoms with Crippen LogP contribution in [0.5, 0.6) is 0 Å². The summed E-state index contributed by atoms with van der Waals surface area (Å²) < 4.78 is 18.3. The van der Waals surface area contributed by atoms with Gasteiger partial charge in [-0.05, 0) is 37.5 Å². The highest BCUT2D eigenvalue weighted by Crippen LogP contribution is 2.08. The first-order valence-electron chi connectivity index (χ1n) is 7.57. The maximum absolute atomic E-state index is 13.2. The first-order valence-corrected chi connectivity index (χ1v) is 7.57. The van der Waals surface area contributed by atoms with Crippen LogP contribution in [0.2, 0.25) is 0 Å². The van der Waals surface area contributed by atoms with Crippen LogP contribution in [0.3, 0.4) is 0 Å². The Kier molecular flexibility index (Phi) is 8.66. The lowest BCUT2D eigenvalue weighted by molar-refractivity contribution is 0.372. The van der Waals surface area contributed by atoms with Crippen molar-refractivity contribution in [2.45, 2.75) is 33.2 Å². The van der Waals surface area contributed by atoms with Gasteiger partial charge in [0.25, 0.3) is 0 Å². The van der Waals surface area contributed by atoms with Gasteiger partial charge >= 0.3 is 0 Å². The molecule has 0 aliphatic heterocycles. The fraction of sp³-hybridized carbons (Fsp3) is 0.438. The molecule has 6 nitrogen and oxygen atoms in total. The van der Waals surface area contributed by atoms with E-state index in [2.05, 4.69) is 25.8 Å². The summed E-state index contributed by atoms with van der Waals surface area (Å²) in [5.74, 6) is 1.82. The molecule has 0 aliphatic carbocycles. The summed E-state index contributed by atoms with van der Waals surface area (Å²) in [4.78, 5) is 8.32. The van der Waals surface area contributed by atoms with Crippen molar-refractivity contribution in [1.29, 1.82) is 0 Å². The molecule has 0 unspecified atom stereocenters. The zero-order chi connectivity index (χ0) is 16.7. The van der Waals surface area contributed by atoms with E-state index in [1.165, 1.54) is 6.07 Å². The summed E-state index contributed by atoms with van der Waals surface area (Å²) >= 11 is 0. The Bertz CT molecular complexity index is 674. The molecule has 1 aromatic heterocycles. The van der Waals surface area contributed by atoms with Gasteiger partial charge in [-0.2, -0.15) is 4.98 Å². The Morgan fingerprint density at radius 2 is 2.08 bits per heavy atom. The molecule has 132 valence electrons. The minimum Gasteiger partial charge on any atom is -0.356 e. The maximum Gasteiger partial charge on any atom is 0.226 e. The van der Waals surface area contributed by atoms with Gasteiger partial charge < -0.3 is 15.2 Å². The van der Waals surface area contributed by atoms with E-state index in [1.807, 2.05) is 6.07 Å². The van der Waals surface area contributed by atoms with Crippen molar-refractivity contribution in [1.82, 2.24) is 20.8 Å². The summed E-state index contributed by atoms with van der Waals surface area (Å²) in [6.45, 7) is 4.88. The second-order valence-electron chi connectivity index (χ2n) is 5.27. The number of aryl methyl sites for hydroxylation is 3. The molecule has 0 saturated carbocycles. The van der Waals surface area contributed by atoms with Crippen molar-refractivity contribution in [2.75, 3.05) is 13.6 Å². The molecule has 0 aliphatic rings. The van der Waals surface area contributed by atoms with Gasteiger partial charge in [-0.1, -0.05) is 17.3 Å². The van der Waals surface area contributed by atoms with Crippen molar-refractivity contribution >= 4 is 29.9 Å². The smallest absolute Gasteiger partial charge is 0.226 e. The summed E-state index contributed by atoms with van der Waals surface area (Å²) in [6, 6.07) is 5.07. The summed E-state index contributed by atoms with van der Waals surface area (Å²) in [7, 11) is 1.71. The van der Waals surface area contributed by atoms with Crippen LogP contribution in [0.25, 0.3) is 0 Å². The van der Waals surface area contributed by atoms with Crippen molar-refractivity contribution in [2.24, 2.45) is 4.99 Å². The Morgan fingerprint density at radius 1 is 1.29 bits per heavy atom. The predicted molar refractivity (Wildman–Crippen MR) is 102 cm³/mol. The number of nitrogens with zero attached hydrogens (tertiary/aromatic N) is 3. The van der Waals surface area contributed by atoms with E-state index in [4.69, 9.17) is 4.52 Å². The fourth-order valence-electron chi connectivity index (χ4n) is 2.11. The Hall–Kier alpha value is -1.71. The number of hydrogen-bond donors (Lipinski definition) is 2. The minimum atomic E-state index is -0.187. The highest BCUT2D eigenvalue weighted by atomic mass is 127. The molecule has 0 spiro atoms. The lowest BCUT2D eigenvalue weighted by Gasteiger charge is -2.12. The van der Waals surface area contributed by atoms with Crippen molar-refractivity contribution in [3.8, 4) is 0 Å². The average Bonchev–Trinajstić information content (AvgIpc) is 2.95. The molecule has 1 aromatic carbocycles. The number of hydrogen-bond acceptors (Lipinski definition) is 4. The molecule has 0 atom stereocenters. The fourth-order valence-corrected chi connectivity index (χ4v) is 2.11. The van der Waals surface area contributed by atoms with Crippen LogP contribution in [0.15, 0.2) is 27.7 Å². The molecular formula is C16H23FIN5O. The molecule has 0 amide bonds. The van der Waals surface area contributed by atoms with Crippen LogP contribution in [0, 0.1) is 19.7 Å². The van der Waals surface area contributed by atoms with Crippen LogP contribution in [0.4, 0.5) is 4.39 Å². The van der Waals surface area contributed by atoms with E-state index >= 15 is 0 Å². The number of rotatable bonds is 6. The molecule has 1 heterocycles. The largest absolute Gasteiger partial charge is 0.356 e. The van der Waals surface area contributed by atoms with Gasteiger partial charge in [-0.15, -0.1) is 24.0 Å². The molecule has 2 rings (SSSR count). The monoisotopic (exact) mass is 447 g/mol. The van der Waals surface area contributed by atoms with Gasteiger partial charge in [0.2, 0.25) is 5.89 Å². The molecule has 0 saturated heterocycles. The molecule has 24 heavy (non-hydrogen) atoms. The van der Waals surface area contributed by atoms with Gasteiger partial charge in [-0.25, -0.2) is 4.39 Å². The zero-order valence-corrected chi connectivity index (χ0v) is 16.4. The maximum atomic E-state index is 13.2. The van der Waals surface area contributed by atoms with Gasteiger partial charge in [0.1, 0.15) is 5.82 Å². The van der Waals surface area contributed by atoms with Gasteiger partial charge in [0.05, 0.1) is 0 Å². The molecule has 2 N–H and O–H groups in total.